The molecule has 1 unspecified atom stereocenters. The summed E-state index contributed by atoms with van der Waals surface area (Å²) in [4.78, 5) is 16.2. The van der Waals surface area contributed by atoms with E-state index in [1.165, 1.54) is 6.20 Å². The van der Waals surface area contributed by atoms with Crippen LogP contribution in [-0.2, 0) is 0 Å². The molecule has 0 bridgehead atoms. The smallest absolute Gasteiger partial charge is 0.253 e. The molecule has 0 saturated carbocycles. The Labute approximate surface area is 126 Å². The molecule has 0 aliphatic rings. The molecular weight excluding hydrogens is 268 g/mol. The van der Waals surface area contributed by atoms with Crippen LogP contribution in [0.5, 0.6) is 5.75 Å². The fraction of sp³-hybridized carbons (Fsp3) is 0.625. The summed E-state index contributed by atoms with van der Waals surface area (Å²) in [5.74, 6) is 0.314. The highest BCUT2D eigenvalue weighted by Gasteiger charge is 2.20. The van der Waals surface area contributed by atoms with E-state index < -0.39 is 0 Å². The summed E-state index contributed by atoms with van der Waals surface area (Å²) in [7, 11) is 0. The van der Waals surface area contributed by atoms with Crippen molar-refractivity contribution >= 4 is 5.91 Å². The van der Waals surface area contributed by atoms with E-state index in [0.717, 1.165) is 0 Å². The van der Waals surface area contributed by atoms with Gasteiger partial charge >= 0.3 is 0 Å². The molecule has 1 atom stereocenters. The number of carbonyl (C=O) groups excluding carboxylic acids is 1. The van der Waals surface area contributed by atoms with Crippen LogP contribution in [0.2, 0.25) is 0 Å². The van der Waals surface area contributed by atoms with Gasteiger partial charge in [0.2, 0.25) is 0 Å². The van der Waals surface area contributed by atoms with Gasteiger partial charge in [0.25, 0.3) is 5.91 Å². The molecule has 0 fully saturated rings. The highest BCUT2D eigenvalue weighted by Crippen LogP contribution is 2.21. The number of amides is 1. The zero-order valence-electron chi connectivity index (χ0n) is 13.5. The van der Waals surface area contributed by atoms with Crippen LogP contribution in [-0.4, -0.2) is 34.8 Å². The molecule has 118 valence electrons. The Morgan fingerprint density at radius 3 is 2.57 bits per heavy atom. The van der Waals surface area contributed by atoms with Crippen LogP contribution in [0, 0.1) is 5.41 Å². The van der Waals surface area contributed by atoms with Crippen molar-refractivity contribution in [2.75, 3.05) is 6.61 Å². The van der Waals surface area contributed by atoms with Gasteiger partial charge in [0.05, 0.1) is 30.5 Å². The highest BCUT2D eigenvalue weighted by molar-refractivity contribution is 5.94. The van der Waals surface area contributed by atoms with Crippen molar-refractivity contribution in [2.45, 2.75) is 53.2 Å². The van der Waals surface area contributed by atoms with Gasteiger partial charge in [-0.1, -0.05) is 20.8 Å². The summed E-state index contributed by atoms with van der Waals surface area (Å²) in [6.07, 6.45) is 3.80. The third-order valence-electron chi connectivity index (χ3n) is 2.76. The van der Waals surface area contributed by atoms with Gasteiger partial charge in [-0.05, 0) is 31.7 Å². The second kappa shape index (κ2) is 7.41. The first-order valence-electron chi connectivity index (χ1n) is 7.24. The summed E-state index contributed by atoms with van der Waals surface area (Å²) >= 11 is 0. The average molecular weight is 294 g/mol. The number of nitrogens with one attached hydrogen (secondary N) is 1. The maximum atomic E-state index is 12.2. The largest absolute Gasteiger partial charge is 0.489 e. The Kier molecular flexibility index (Phi) is 6.15. The Bertz CT molecular complexity index is 467. The molecule has 5 heteroatoms. The van der Waals surface area contributed by atoms with E-state index >= 15 is 0 Å². The number of ether oxygens (including phenoxy) is 1. The van der Waals surface area contributed by atoms with Crippen LogP contribution in [0.3, 0.4) is 0 Å². The van der Waals surface area contributed by atoms with Gasteiger partial charge in [-0.2, -0.15) is 0 Å². The van der Waals surface area contributed by atoms with Gasteiger partial charge in [0.15, 0.2) is 0 Å². The zero-order chi connectivity index (χ0) is 16.0. The Morgan fingerprint density at radius 1 is 1.38 bits per heavy atom. The fourth-order valence-corrected chi connectivity index (χ4v) is 2.05. The molecule has 1 amide bonds. The lowest BCUT2D eigenvalue weighted by atomic mass is 9.88. The van der Waals surface area contributed by atoms with Crippen molar-refractivity contribution < 1.29 is 14.6 Å². The summed E-state index contributed by atoms with van der Waals surface area (Å²) in [6, 6.07) is 1.39. The second-order valence-corrected chi connectivity index (χ2v) is 6.69. The number of pyridine rings is 1. The minimum atomic E-state index is -0.271. The van der Waals surface area contributed by atoms with Crippen LogP contribution >= 0.6 is 0 Å². The maximum Gasteiger partial charge on any atom is 0.253 e. The quantitative estimate of drug-likeness (QED) is 0.845. The van der Waals surface area contributed by atoms with Crippen molar-refractivity contribution in [3.8, 4) is 5.75 Å². The minimum absolute atomic E-state index is 0.0243. The van der Waals surface area contributed by atoms with Gasteiger partial charge in [0, 0.05) is 6.20 Å². The van der Waals surface area contributed by atoms with Crippen molar-refractivity contribution in [3.63, 3.8) is 0 Å². The molecular formula is C16H26N2O3. The van der Waals surface area contributed by atoms with Crippen LogP contribution < -0.4 is 10.1 Å². The van der Waals surface area contributed by atoms with E-state index in [1.807, 2.05) is 13.8 Å². The molecule has 1 aromatic heterocycles. The molecule has 0 aromatic carbocycles. The fourth-order valence-electron chi connectivity index (χ4n) is 2.05. The minimum Gasteiger partial charge on any atom is -0.489 e. The van der Waals surface area contributed by atoms with Crippen molar-refractivity contribution in [1.82, 2.24) is 10.3 Å². The third kappa shape index (κ3) is 6.58. The normalized spacial score (nSPS) is 13.1. The summed E-state index contributed by atoms with van der Waals surface area (Å²) in [5.41, 5.74) is 0.460. The molecule has 0 spiro atoms. The van der Waals surface area contributed by atoms with Crippen LogP contribution in [0.1, 0.15) is 51.4 Å². The monoisotopic (exact) mass is 294 g/mol. The lowest BCUT2D eigenvalue weighted by molar-refractivity contribution is 0.0896. The van der Waals surface area contributed by atoms with Gasteiger partial charge in [-0.15, -0.1) is 0 Å². The van der Waals surface area contributed by atoms with Gasteiger partial charge in [-0.25, -0.2) is 0 Å². The zero-order valence-corrected chi connectivity index (χ0v) is 13.5. The third-order valence-corrected chi connectivity index (χ3v) is 2.76. The number of rotatable bonds is 6. The lowest BCUT2D eigenvalue weighted by Gasteiger charge is -2.25. The molecule has 21 heavy (non-hydrogen) atoms. The Morgan fingerprint density at radius 2 is 2.05 bits per heavy atom. The van der Waals surface area contributed by atoms with Crippen molar-refractivity contribution in [3.05, 3.63) is 24.0 Å². The van der Waals surface area contributed by atoms with Crippen molar-refractivity contribution in [2.24, 2.45) is 5.41 Å². The molecule has 5 nitrogen and oxygen atoms in total. The average Bonchev–Trinajstić information content (AvgIpc) is 2.35. The lowest BCUT2D eigenvalue weighted by Crippen LogP contribution is -2.40. The number of aromatic nitrogens is 1. The molecule has 0 radical (unpaired) electrons. The number of nitrogens with zero attached hydrogens (tertiary/aromatic N) is 1. The Balaban J connectivity index is 2.74. The highest BCUT2D eigenvalue weighted by atomic mass is 16.5. The topological polar surface area (TPSA) is 71.5 Å². The predicted molar refractivity (Wildman–Crippen MR) is 82.4 cm³/mol. The SMILES string of the molecule is CC(C)Oc1cncc(C(=O)NC(CO)CC(C)(C)C)c1. The second-order valence-electron chi connectivity index (χ2n) is 6.69. The molecule has 0 aliphatic carbocycles. The van der Waals surface area contributed by atoms with E-state index in [0.29, 0.717) is 17.7 Å². The van der Waals surface area contributed by atoms with E-state index in [4.69, 9.17) is 4.74 Å². The van der Waals surface area contributed by atoms with Gasteiger partial charge in [0.1, 0.15) is 5.75 Å². The number of aliphatic hydroxyl groups excluding tert-OH is 1. The molecule has 0 aliphatic heterocycles. The molecule has 1 heterocycles. The van der Waals surface area contributed by atoms with E-state index in [9.17, 15) is 9.90 Å². The van der Waals surface area contributed by atoms with Crippen molar-refractivity contribution in [1.29, 1.82) is 0 Å². The molecule has 2 N–H and O–H groups in total. The number of carbonyl (C=O) groups is 1. The van der Waals surface area contributed by atoms with Gasteiger partial charge < -0.3 is 15.2 Å². The summed E-state index contributed by atoms with van der Waals surface area (Å²) in [5, 5.41) is 12.2. The number of hydrogen-bond donors (Lipinski definition) is 2. The van der Waals surface area contributed by atoms with E-state index in [2.05, 4.69) is 31.1 Å². The maximum absolute atomic E-state index is 12.2. The van der Waals surface area contributed by atoms with Gasteiger partial charge in [-0.3, -0.25) is 9.78 Å². The molecule has 1 rings (SSSR count). The summed E-state index contributed by atoms with van der Waals surface area (Å²) in [6.45, 7) is 9.95. The van der Waals surface area contributed by atoms with E-state index in [-0.39, 0.29) is 30.1 Å². The summed E-state index contributed by atoms with van der Waals surface area (Å²) < 4.78 is 5.53. The number of aliphatic hydroxyl groups is 1. The first-order valence-corrected chi connectivity index (χ1v) is 7.24. The van der Waals surface area contributed by atoms with E-state index in [1.54, 1.807) is 12.3 Å². The van der Waals surface area contributed by atoms with Crippen LogP contribution in [0.25, 0.3) is 0 Å². The Hall–Kier alpha value is -1.62. The van der Waals surface area contributed by atoms with Crippen LogP contribution in [0.15, 0.2) is 18.5 Å². The standard InChI is InChI=1S/C16H26N2O3/c1-11(2)21-14-6-12(8-17-9-14)15(20)18-13(10-19)7-16(3,4)5/h6,8-9,11,13,19H,7,10H2,1-5H3,(H,18,20). The molecule has 1 aromatic rings. The first kappa shape index (κ1) is 17.4. The predicted octanol–water partition coefficient (Wildman–Crippen LogP) is 2.40. The first-order chi connectivity index (χ1) is 9.71. The van der Waals surface area contributed by atoms with Crippen LogP contribution in [0.4, 0.5) is 0 Å². The number of hydrogen-bond acceptors (Lipinski definition) is 4. The molecule has 0 saturated heterocycles.